The minimum Gasteiger partial charge on any atom is -0.368 e. The second kappa shape index (κ2) is 5.04. The van der Waals surface area contributed by atoms with Crippen LogP contribution in [0.3, 0.4) is 0 Å². The molecule has 19 heavy (non-hydrogen) atoms. The number of fused-ring (bicyclic) bond motifs is 1. The summed E-state index contributed by atoms with van der Waals surface area (Å²) in [5.74, 6) is 0. The SMILES string of the molecule is Cc1sc(C=O)cc1C1OCCc2cnc(Cl)cc21. The largest absolute Gasteiger partial charge is 0.368 e. The van der Waals surface area contributed by atoms with Crippen molar-refractivity contribution in [1.82, 2.24) is 4.98 Å². The summed E-state index contributed by atoms with van der Waals surface area (Å²) in [7, 11) is 0. The summed E-state index contributed by atoms with van der Waals surface area (Å²) >= 11 is 7.47. The van der Waals surface area contributed by atoms with Gasteiger partial charge >= 0.3 is 0 Å². The monoisotopic (exact) mass is 293 g/mol. The normalized spacial score (nSPS) is 18.1. The average molecular weight is 294 g/mol. The molecule has 0 amide bonds. The Hall–Kier alpha value is -1.23. The van der Waals surface area contributed by atoms with Gasteiger partial charge in [-0.15, -0.1) is 11.3 Å². The first-order chi connectivity index (χ1) is 9.19. The maximum absolute atomic E-state index is 10.9. The number of aryl methyl sites for hydroxylation is 1. The zero-order chi connectivity index (χ0) is 13.4. The number of hydrogen-bond donors (Lipinski definition) is 0. The summed E-state index contributed by atoms with van der Waals surface area (Å²) in [6, 6.07) is 3.76. The number of aldehydes is 1. The van der Waals surface area contributed by atoms with Crippen molar-refractivity contribution in [3.05, 3.63) is 49.9 Å². The Morgan fingerprint density at radius 1 is 1.47 bits per heavy atom. The second-order valence-corrected chi connectivity index (χ2v) is 6.16. The van der Waals surface area contributed by atoms with Crippen LogP contribution in [-0.2, 0) is 11.2 Å². The van der Waals surface area contributed by atoms with Gasteiger partial charge in [-0.05, 0) is 42.2 Å². The lowest BCUT2D eigenvalue weighted by Crippen LogP contribution is -2.17. The second-order valence-electron chi connectivity index (χ2n) is 4.48. The molecule has 1 aliphatic heterocycles. The fourth-order valence-corrected chi connectivity index (χ4v) is 3.44. The minimum absolute atomic E-state index is 0.144. The molecule has 1 unspecified atom stereocenters. The van der Waals surface area contributed by atoms with Gasteiger partial charge in [0.1, 0.15) is 11.3 Å². The molecule has 3 nitrogen and oxygen atoms in total. The van der Waals surface area contributed by atoms with Crippen LogP contribution in [-0.4, -0.2) is 17.9 Å². The summed E-state index contributed by atoms with van der Waals surface area (Å²) in [5.41, 5.74) is 3.28. The van der Waals surface area contributed by atoms with Crippen LogP contribution in [0.1, 0.15) is 37.3 Å². The predicted molar refractivity (Wildman–Crippen MR) is 75.2 cm³/mol. The van der Waals surface area contributed by atoms with Crippen LogP contribution < -0.4 is 0 Å². The third kappa shape index (κ3) is 2.31. The standard InChI is InChI=1S/C14H12ClNO2S/c1-8-11(4-10(7-17)19-8)14-12-5-13(15)16-6-9(12)2-3-18-14/h4-7,14H,2-3H2,1H3. The van der Waals surface area contributed by atoms with Gasteiger partial charge in [0, 0.05) is 11.1 Å². The van der Waals surface area contributed by atoms with Crippen LogP contribution in [0.4, 0.5) is 0 Å². The highest BCUT2D eigenvalue weighted by molar-refractivity contribution is 7.13. The summed E-state index contributed by atoms with van der Waals surface area (Å²) in [5, 5.41) is 0.470. The van der Waals surface area contributed by atoms with Crippen molar-refractivity contribution in [3.63, 3.8) is 0 Å². The molecule has 2 aromatic heterocycles. The van der Waals surface area contributed by atoms with Crippen molar-refractivity contribution < 1.29 is 9.53 Å². The van der Waals surface area contributed by atoms with Crippen molar-refractivity contribution in [2.45, 2.75) is 19.4 Å². The van der Waals surface area contributed by atoms with Crippen molar-refractivity contribution in [2.75, 3.05) is 6.61 Å². The number of halogens is 1. The summed E-state index contributed by atoms with van der Waals surface area (Å²) in [4.78, 5) is 16.8. The summed E-state index contributed by atoms with van der Waals surface area (Å²) < 4.78 is 5.89. The maximum Gasteiger partial charge on any atom is 0.160 e. The van der Waals surface area contributed by atoms with E-state index in [-0.39, 0.29) is 6.10 Å². The van der Waals surface area contributed by atoms with E-state index in [0.29, 0.717) is 11.8 Å². The highest BCUT2D eigenvalue weighted by Gasteiger charge is 2.25. The van der Waals surface area contributed by atoms with Gasteiger partial charge in [-0.1, -0.05) is 11.6 Å². The zero-order valence-corrected chi connectivity index (χ0v) is 11.9. The Kier molecular flexibility index (Phi) is 3.39. The van der Waals surface area contributed by atoms with Gasteiger partial charge in [0.15, 0.2) is 6.29 Å². The van der Waals surface area contributed by atoms with E-state index in [1.807, 2.05) is 25.3 Å². The first-order valence-corrected chi connectivity index (χ1v) is 7.20. The maximum atomic E-state index is 10.9. The molecule has 0 saturated heterocycles. The number of ether oxygens (including phenoxy) is 1. The molecule has 0 spiro atoms. The number of carbonyl (C=O) groups is 1. The molecule has 0 aliphatic carbocycles. The van der Waals surface area contributed by atoms with Gasteiger partial charge in [0.25, 0.3) is 0 Å². The molecule has 1 aliphatic rings. The molecule has 5 heteroatoms. The molecular formula is C14H12ClNO2S. The van der Waals surface area contributed by atoms with E-state index >= 15 is 0 Å². The molecule has 0 radical (unpaired) electrons. The molecule has 0 bridgehead atoms. The molecule has 2 aromatic rings. The molecule has 0 N–H and O–H groups in total. The van der Waals surface area contributed by atoms with E-state index in [4.69, 9.17) is 16.3 Å². The van der Waals surface area contributed by atoms with Crippen LogP contribution in [0.15, 0.2) is 18.3 Å². The quantitative estimate of drug-likeness (QED) is 0.627. The molecule has 1 atom stereocenters. The van der Waals surface area contributed by atoms with E-state index < -0.39 is 0 Å². The fourth-order valence-electron chi connectivity index (χ4n) is 2.40. The Morgan fingerprint density at radius 2 is 2.32 bits per heavy atom. The minimum atomic E-state index is -0.144. The van der Waals surface area contributed by atoms with Gasteiger partial charge in [-0.25, -0.2) is 4.98 Å². The molecule has 3 heterocycles. The van der Waals surface area contributed by atoms with E-state index in [9.17, 15) is 4.79 Å². The predicted octanol–water partition coefficient (Wildman–Crippen LogP) is 3.58. The van der Waals surface area contributed by atoms with Crippen molar-refractivity contribution in [2.24, 2.45) is 0 Å². The topological polar surface area (TPSA) is 39.2 Å². The molecule has 3 rings (SSSR count). The first-order valence-electron chi connectivity index (χ1n) is 6.00. The number of thiophene rings is 1. The lowest BCUT2D eigenvalue weighted by molar-refractivity contribution is 0.0695. The van der Waals surface area contributed by atoms with Crippen LogP contribution in [0, 0.1) is 6.92 Å². The number of pyridine rings is 1. The summed E-state index contributed by atoms with van der Waals surface area (Å²) in [6.45, 7) is 2.67. The Labute approximate surface area is 120 Å². The highest BCUT2D eigenvalue weighted by atomic mass is 35.5. The van der Waals surface area contributed by atoms with Crippen LogP contribution >= 0.6 is 22.9 Å². The van der Waals surface area contributed by atoms with E-state index in [0.717, 1.165) is 33.6 Å². The van der Waals surface area contributed by atoms with Gasteiger partial charge in [-0.3, -0.25) is 4.79 Å². The third-order valence-corrected chi connectivity index (χ3v) is 4.50. The first kappa shape index (κ1) is 12.8. The fraction of sp³-hybridized carbons (Fsp3) is 0.286. The van der Waals surface area contributed by atoms with Crippen LogP contribution in [0.5, 0.6) is 0 Å². The number of nitrogens with zero attached hydrogens (tertiary/aromatic N) is 1. The molecular weight excluding hydrogens is 282 g/mol. The van der Waals surface area contributed by atoms with E-state index in [1.54, 1.807) is 0 Å². The number of hydrogen-bond acceptors (Lipinski definition) is 4. The molecule has 0 saturated carbocycles. The molecule has 0 aromatic carbocycles. The van der Waals surface area contributed by atoms with Crippen molar-refractivity contribution >= 4 is 29.2 Å². The average Bonchev–Trinajstić information content (AvgIpc) is 2.79. The molecule has 0 fully saturated rings. The van der Waals surface area contributed by atoms with Crippen LogP contribution in [0.25, 0.3) is 0 Å². The van der Waals surface area contributed by atoms with Gasteiger partial charge in [0.05, 0.1) is 11.5 Å². The van der Waals surface area contributed by atoms with Crippen LogP contribution in [0.2, 0.25) is 5.15 Å². The lowest BCUT2D eigenvalue weighted by atomic mass is 9.95. The Balaban J connectivity index is 2.09. The van der Waals surface area contributed by atoms with Gasteiger partial charge in [-0.2, -0.15) is 0 Å². The Morgan fingerprint density at radius 3 is 3.05 bits per heavy atom. The number of aromatic nitrogens is 1. The van der Waals surface area contributed by atoms with Gasteiger partial charge < -0.3 is 4.74 Å². The van der Waals surface area contributed by atoms with Crippen molar-refractivity contribution in [3.8, 4) is 0 Å². The van der Waals surface area contributed by atoms with Gasteiger partial charge in [0.2, 0.25) is 0 Å². The smallest absolute Gasteiger partial charge is 0.160 e. The van der Waals surface area contributed by atoms with Crippen molar-refractivity contribution in [1.29, 1.82) is 0 Å². The van der Waals surface area contributed by atoms with E-state index in [2.05, 4.69) is 4.98 Å². The zero-order valence-electron chi connectivity index (χ0n) is 10.4. The lowest BCUT2D eigenvalue weighted by Gasteiger charge is -2.26. The Bertz CT molecular complexity index is 638. The summed E-state index contributed by atoms with van der Waals surface area (Å²) in [6.07, 6.45) is 3.40. The number of carbonyl (C=O) groups excluding carboxylic acids is 1. The highest BCUT2D eigenvalue weighted by Crippen LogP contribution is 2.37. The van der Waals surface area contributed by atoms with E-state index in [1.165, 1.54) is 16.9 Å². The third-order valence-electron chi connectivity index (χ3n) is 3.30. The number of rotatable bonds is 2. The molecule has 98 valence electrons.